The highest BCUT2D eigenvalue weighted by atomic mass is 16.4. The quantitative estimate of drug-likeness (QED) is 0.651. The summed E-state index contributed by atoms with van der Waals surface area (Å²) >= 11 is 0. The molecule has 0 spiro atoms. The van der Waals surface area contributed by atoms with Gasteiger partial charge in [-0.15, -0.1) is 0 Å². The van der Waals surface area contributed by atoms with Crippen molar-refractivity contribution in [3.05, 3.63) is 0 Å². The van der Waals surface area contributed by atoms with Gasteiger partial charge in [0.1, 0.15) is 0 Å². The molecule has 0 aliphatic carbocycles. The van der Waals surface area contributed by atoms with Crippen LogP contribution in [0.25, 0.3) is 0 Å². The van der Waals surface area contributed by atoms with Gasteiger partial charge < -0.3 is 10.4 Å². The highest BCUT2D eigenvalue weighted by Crippen LogP contribution is 2.31. The Kier molecular flexibility index (Phi) is 5.13. The second-order valence-corrected chi connectivity index (χ2v) is 5.32. The van der Waals surface area contributed by atoms with E-state index in [0.29, 0.717) is 6.54 Å². The standard InChI is InChI=1S/C12H24N2O3/c1-7-13-9(15)8(2)14-12(5,6)11(3,4)10(16)17/h8,14H,7H2,1-6H3,(H,13,15)(H,16,17). The number of rotatable bonds is 6. The Hall–Kier alpha value is -1.10. The Balaban J connectivity index is 4.76. The van der Waals surface area contributed by atoms with E-state index in [1.165, 1.54) is 0 Å². The van der Waals surface area contributed by atoms with Crippen molar-refractivity contribution in [3.8, 4) is 0 Å². The van der Waals surface area contributed by atoms with Gasteiger partial charge in [0.2, 0.25) is 5.91 Å². The summed E-state index contributed by atoms with van der Waals surface area (Å²) in [6.07, 6.45) is 0. The number of carbonyl (C=O) groups is 2. The number of aliphatic carboxylic acids is 1. The predicted molar refractivity (Wildman–Crippen MR) is 66.8 cm³/mol. The van der Waals surface area contributed by atoms with Crippen molar-refractivity contribution in [1.82, 2.24) is 10.6 Å². The van der Waals surface area contributed by atoms with E-state index < -0.39 is 23.0 Å². The van der Waals surface area contributed by atoms with Crippen LogP contribution in [0.1, 0.15) is 41.5 Å². The molecule has 0 aliphatic heterocycles. The van der Waals surface area contributed by atoms with Gasteiger partial charge in [0.25, 0.3) is 0 Å². The summed E-state index contributed by atoms with van der Waals surface area (Å²) in [6, 6.07) is -0.427. The van der Waals surface area contributed by atoms with Gasteiger partial charge >= 0.3 is 5.97 Å². The molecular formula is C12H24N2O3. The van der Waals surface area contributed by atoms with Crippen LogP contribution in [0.5, 0.6) is 0 Å². The molecule has 0 saturated carbocycles. The van der Waals surface area contributed by atoms with Gasteiger partial charge in [-0.3, -0.25) is 14.9 Å². The van der Waals surface area contributed by atoms with Gasteiger partial charge in [-0.1, -0.05) is 0 Å². The lowest BCUT2D eigenvalue weighted by Gasteiger charge is -2.40. The minimum atomic E-state index is -0.965. The Morgan fingerprint density at radius 1 is 1.24 bits per heavy atom. The number of carbonyl (C=O) groups excluding carboxylic acids is 1. The van der Waals surface area contributed by atoms with Crippen molar-refractivity contribution in [1.29, 1.82) is 0 Å². The molecule has 0 radical (unpaired) electrons. The van der Waals surface area contributed by atoms with Gasteiger partial charge in [0.15, 0.2) is 0 Å². The van der Waals surface area contributed by atoms with E-state index in [-0.39, 0.29) is 5.91 Å². The molecule has 0 aromatic heterocycles. The first-order valence-electron chi connectivity index (χ1n) is 5.85. The van der Waals surface area contributed by atoms with Gasteiger partial charge in [-0.25, -0.2) is 0 Å². The molecule has 0 rings (SSSR count). The van der Waals surface area contributed by atoms with E-state index in [9.17, 15) is 14.7 Å². The molecule has 1 amide bonds. The van der Waals surface area contributed by atoms with Crippen LogP contribution >= 0.6 is 0 Å². The van der Waals surface area contributed by atoms with Crippen molar-refractivity contribution in [2.75, 3.05) is 6.54 Å². The maximum atomic E-state index is 11.6. The van der Waals surface area contributed by atoms with E-state index in [4.69, 9.17) is 0 Å². The van der Waals surface area contributed by atoms with Crippen LogP contribution < -0.4 is 10.6 Å². The van der Waals surface area contributed by atoms with Crippen LogP contribution in [0, 0.1) is 5.41 Å². The second-order valence-electron chi connectivity index (χ2n) is 5.32. The fourth-order valence-electron chi connectivity index (χ4n) is 1.38. The summed E-state index contributed by atoms with van der Waals surface area (Å²) in [5.41, 5.74) is -1.66. The monoisotopic (exact) mass is 244 g/mol. The topological polar surface area (TPSA) is 78.4 Å². The summed E-state index contributed by atoms with van der Waals surface area (Å²) in [4.78, 5) is 22.8. The lowest BCUT2D eigenvalue weighted by atomic mass is 9.74. The minimum absolute atomic E-state index is 0.123. The van der Waals surface area contributed by atoms with E-state index in [1.54, 1.807) is 34.6 Å². The first-order valence-corrected chi connectivity index (χ1v) is 5.85. The number of amides is 1. The Labute approximate surface area is 103 Å². The van der Waals surface area contributed by atoms with Gasteiger partial charge in [0, 0.05) is 12.1 Å². The molecule has 100 valence electrons. The molecule has 0 aromatic carbocycles. The molecule has 5 nitrogen and oxygen atoms in total. The van der Waals surface area contributed by atoms with E-state index >= 15 is 0 Å². The minimum Gasteiger partial charge on any atom is -0.481 e. The second kappa shape index (κ2) is 5.49. The zero-order valence-electron chi connectivity index (χ0n) is 11.5. The van der Waals surface area contributed by atoms with E-state index in [0.717, 1.165) is 0 Å². The van der Waals surface area contributed by atoms with Crippen LogP contribution in [0.2, 0.25) is 0 Å². The highest BCUT2D eigenvalue weighted by Gasteiger charge is 2.44. The maximum absolute atomic E-state index is 11.6. The van der Waals surface area contributed by atoms with Crippen molar-refractivity contribution >= 4 is 11.9 Å². The van der Waals surface area contributed by atoms with Gasteiger partial charge in [-0.2, -0.15) is 0 Å². The number of nitrogens with one attached hydrogen (secondary N) is 2. The average molecular weight is 244 g/mol. The lowest BCUT2D eigenvalue weighted by molar-refractivity contribution is -0.151. The molecule has 1 unspecified atom stereocenters. The average Bonchev–Trinajstić information content (AvgIpc) is 2.16. The maximum Gasteiger partial charge on any atom is 0.310 e. The zero-order valence-corrected chi connectivity index (χ0v) is 11.5. The van der Waals surface area contributed by atoms with Crippen LogP contribution in [0.4, 0.5) is 0 Å². The van der Waals surface area contributed by atoms with Crippen molar-refractivity contribution in [2.24, 2.45) is 5.41 Å². The number of carboxylic acids is 1. The van der Waals surface area contributed by atoms with Crippen molar-refractivity contribution < 1.29 is 14.7 Å². The van der Waals surface area contributed by atoms with Crippen molar-refractivity contribution in [3.63, 3.8) is 0 Å². The largest absolute Gasteiger partial charge is 0.481 e. The molecule has 0 aliphatic rings. The lowest BCUT2D eigenvalue weighted by Crippen LogP contribution is -2.60. The van der Waals surface area contributed by atoms with Crippen LogP contribution in [0.3, 0.4) is 0 Å². The Morgan fingerprint density at radius 2 is 1.71 bits per heavy atom. The molecule has 17 heavy (non-hydrogen) atoms. The van der Waals surface area contributed by atoms with Gasteiger partial charge in [-0.05, 0) is 41.5 Å². The summed E-state index contributed by atoms with van der Waals surface area (Å²) in [5, 5.41) is 15.0. The van der Waals surface area contributed by atoms with E-state index in [2.05, 4.69) is 10.6 Å². The third-order valence-corrected chi connectivity index (χ3v) is 3.42. The molecule has 0 bridgehead atoms. The van der Waals surface area contributed by atoms with Crippen LogP contribution in [-0.2, 0) is 9.59 Å². The Bertz CT molecular complexity index is 298. The smallest absolute Gasteiger partial charge is 0.310 e. The predicted octanol–water partition coefficient (Wildman–Crippen LogP) is 0.990. The first-order chi connectivity index (χ1) is 7.56. The summed E-state index contributed by atoms with van der Waals surface area (Å²) < 4.78 is 0. The molecule has 0 saturated heterocycles. The molecule has 0 aromatic rings. The molecule has 0 fully saturated rings. The third kappa shape index (κ3) is 3.70. The molecule has 5 heteroatoms. The SMILES string of the molecule is CCNC(=O)C(C)NC(C)(C)C(C)(C)C(=O)O. The number of hydrogen-bond donors (Lipinski definition) is 3. The molecular weight excluding hydrogens is 220 g/mol. The fourth-order valence-corrected chi connectivity index (χ4v) is 1.38. The molecule has 1 atom stereocenters. The normalized spacial score (nSPS) is 14.2. The van der Waals surface area contributed by atoms with Crippen LogP contribution in [0.15, 0.2) is 0 Å². The number of carboxylic acid groups (broad SMARTS) is 1. The van der Waals surface area contributed by atoms with Crippen LogP contribution in [-0.4, -0.2) is 35.1 Å². The van der Waals surface area contributed by atoms with Gasteiger partial charge in [0.05, 0.1) is 11.5 Å². The van der Waals surface area contributed by atoms with Crippen molar-refractivity contribution in [2.45, 2.75) is 53.1 Å². The number of likely N-dealkylation sites (N-methyl/N-ethyl adjacent to an activating group) is 1. The third-order valence-electron chi connectivity index (χ3n) is 3.42. The molecule has 3 N–H and O–H groups in total. The summed E-state index contributed by atoms with van der Waals surface area (Å²) in [7, 11) is 0. The number of hydrogen-bond acceptors (Lipinski definition) is 3. The van der Waals surface area contributed by atoms with E-state index in [1.807, 2.05) is 6.92 Å². The first kappa shape index (κ1) is 15.9. The summed E-state index contributed by atoms with van der Waals surface area (Å²) in [5.74, 6) is -1.01. The highest BCUT2D eigenvalue weighted by molar-refractivity contribution is 5.81. The summed E-state index contributed by atoms with van der Waals surface area (Å²) in [6.45, 7) is 11.0. The zero-order chi connectivity index (χ0) is 13.9. The Morgan fingerprint density at radius 3 is 2.06 bits per heavy atom. The molecule has 0 heterocycles. The fraction of sp³-hybridized carbons (Fsp3) is 0.833.